The smallest absolute Gasteiger partial charge is 0.144 e. The van der Waals surface area contributed by atoms with Crippen LogP contribution in [0.1, 0.15) is 67.2 Å². The van der Waals surface area contributed by atoms with Crippen molar-refractivity contribution in [3.63, 3.8) is 0 Å². The van der Waals surface area contributed by atoms with Crippen LogP contribution < -0.4 is 19.7 Å². The molecule has 9 heteroatoms. The summed E-state index contributed by atoms with van der Waals surface area (Å²) < 4.78 is 7.00. The predicted octanol–water partition coefficient (Wildman–Crippen LogP) is 6.94. The van der Waals surface area contributed by atoms with Crippen LogP contribution in [0.4, 0.5) is 17.3 Å². The average Bonchev–Trinajstić information content (AvgIpc) is 3.59. The number of nitrogens with one attached hydrogen (secondary N) is 3. The maximum absolute atomic E-state index is 4.82. The van der Waals surface area contributed by atoms with Crippen LogP contribution in [0.2, 0.25) is 0 Å². The van der Waals surface area contributed by atoms with Gasteiger partial charge in [-0.3, -0.25) is 9.44 Å². The molecule has 0 amide bonds. The Morgan fingerprint density at radius 3 is 2.24 bits per heavy atom. The highest BCUT2D eigenvalue weighted by molar-refractivity contribution is 7.97. The SMILES string of the molecule is CC(C)(C)NSc1cc(N2CCC3(CC2)CC3)c2c(Nc3cccc(SNC(C)(C)C)n3)ncnc2c1. The number of piperidine rings is 1. The fourth-order valence-electron chi connectivity index (χ4n) is 4.53. The molecule has 1 saturated heterocycles. The molecule has 198 valence electrons. The summed E-state index contributed by atoms with van der Waals surface area (Å²) in [7, 11) is 0. The van der Waals surface area contributed by atoms with Gasteiger partial charge >= 0.3 is 0 Å². The van der Waals surface area contributed by atoms with E-state index >= 15 is 0 Å². The number of fused-ring (bicyclic) bond motifs is 1. The maximum atomic E-state index is 4.82. The van der Waals surface area contributed by atoms with Crippen LogP contribution >= 0.6 is 23.9 Å². The largest absolute Gasteiger partial charge is 0.371 e. The van der Waals surface area contributed by atoms with Gasteiger partial charge in [0.05, 0.1) is 16.6 Å². The van der Waals surface area contributed by atoms with Gasteiger partial charge in [0.25, 0.3) is 0 Å². The van der Waals surface area contributed by atoms with E-state index in [0.717, 1.165) is 40.7 Å². The van der Waals surface area contributed by atoms with E-state index in [1.165, 1.54) is 36.3 Å². The van der Waals surface area contributed by atoms with Gasteiger partial charge in [-0.15, -0.1) is 0 Å². The van der Waals surface area contributed by atoms with Crippen molar-refractivity contribution in [2.24, 2.45) is 5.41 Å². The molecular formula is C28H39N7S2. The third-order valence-corrected chi connectivity index (χ3v) is 9.06. The first kappa shape index (κ1) is 26.5. The fraction of sp³-hybridized carbons (Fsp3) is 0.536. The van der Waals surface area contributed by atoms with Crippen molar-refractivity contribution in [3.05, 3.63) is 36.7 Å². The van der Waals surface area contributed by atoms with Gasteiger partial charge in [0.2, 0.25) is 0 Å². The lowest BCUT2D eigenvalue weighted by molar-refractivity contribution is 0.385. The highest BCUT2D eigenvalue weighted by atomic mass is 32.2. The molecule has 7 nitrogen and oxygen atoms in total. The van der Waals surface area contributed by atoms with Crippen LogP contribution in [-0.4, -0.2) is 39.1 Å². The zero-order valence-corrected chi connectivity index (χ0v) is 24.4. The van der Waals surface area contributed by atoms with Crippen molar-refractivity contribution in [2.45, 2.75) is 88.2 Å². The van der Waals surface area contributed by atoms with Gasteiger partial charge < -0.3 is 10.2 Å². The molecule has 2 fully saturated rings. The average molecular weight is 538 g/mol. The van der Waals surface area contributed by atoms with Crippen LogP contribution in [0.3, 0.4) is 0 Å². The molecule has 1 saturated carbocycles. The molecule has 37 heavy (non-hydrogen) atoms. The van der Waals surface area contributed by atoms with Gasteiger partial charge in [-0.2, -0.15) is 0 Å². The summed E-state index contributed by atoms with van der Waals surface area (Å²) in [4.78, 5) is 17.9. The molecule has 5 rings (SSSR count). The van der Waals surface area contributed by atoms with Crippen LogP contribution in [0.15, 0.2) is 46.6 Å². The quantitative estimate of drug-likeness (QED) is 0.278. The lowest BCUT2D eigenvalue weighted by atomic mass is 9.93. The molecule has 0 unspecified atom stereocenters. The minimum absolute atomic E-state index is 0.00140. The Morgan fingerprint density at radius 2 is 1.57 bits per heavy atom. The molecule has 0 atom stereocenters. The highest BCUT2D eigenvalue weighted by Gasteiger charge is 2.44. The summed E-state index contributed by atoms with van der Waals surface area (Å²) in [5, 5.41) is 5.49. The van der Waals surface area contributed by atoms with Crippen LogP contribution in [0.25, 0.3) is 10.9 Å². The summed E-state index contributed by atoms with van der Waals surface area (Å²) >= 11 is 3.22. The van der Waals surface area contributed by atoms with E-state index in [4.69, 9.17) is 15.0 Å². The summed E-state index contributed by atoms with van der Waals surface area (Å²) in [6.45, 7) is 15.1. The molecule has 3 heterocycles. The summed E-state index contributed by atoms with van der Waals surface area (Å²) in [5.74, 6) is 1.57. The number of benzene rings is 1. The lowest BCUT2D eigenvalue weighted by Gasteiger charge is -2.35. The predicted molar refractivity (Wildman–Crippen MR) is 158 cm³/mol. The third kappa shape index (κ3) is 6.88. The van der Waals surface area contributed by atoms with E-state index in [1.54, 1.807) is 30.2 Å². The Balaban J connectivity index is 1.48. The van der Waals surface area contributed by atoms with Gasteiger partial charge in [-0.1, -0.05) is 6.07 Å². The second-order valence-electron chi connectivity index (χ2n) is 12.4. The van der Waals surface area contributed by atoms with Gasteiger partial charge in [-0.25, -0.2) is 15.0 Å². The standard InChI is InChI=1S/C28H39N7S2/c1-26(2,3)33-36-19-16-20-24(21(17-19)35-14-12-28(10-11-28)13-15-35)25(30-18-29-20)32-22-8-7-9-23(31-22)37-34-27(4,5)6/h7-9,16-18,33-34H,10-15H2,1-6H3,(H,29,30,31,32). The number of nitrogens with zero attached hydrogens (tertiary/aromatic N) is 4. The Bertz CT molecular complexity index is 1250. The van der Waals surface area contributed by atoms with Gasteiger partial charge in [0.1, 0.15) is 23.0 Å². The van der Waals surface area contributed by atoms with Gasteiger partial charge in [0.15, 0.2) is 0 Å². The molecule has 1 spiro atoms. The number of aromatic nitrogens is 3. The van der Waals surface area contributed by atoms with Crippen molar-refractivity contribution in [2.75, 3.05) is 23.3 Å². The fourth-order valence-corrected chi connectivity index (χ4v) is 5.99. The van der Waals surface area contributed by atoms with E-state index in [1.807, 2.05) is 18.2 Å². The molecule has 3 N–H and O–H groups in total. The molecule has 2 aromatic heterocycles. The first-order chi connectivity index (χ1) is 17.5. The van der Waals surface area contributed by atoms with E-state index in [-0.39, 0.29) is 11.1 Å². The zero-order valence-electron chi connectivity index (χ0n) is 22.8. The van der Waals surface area contributed by atoms with E-state index in [0.29, 0.717) is 5.41 Å². The minimum atomic E-state index is -0.00140. The van der Waals surface area contributed by atoms with E-state index < -0.39 is 0 Å². The molecule has 2 aliphatic rings. The number of pyridine rings is 1. The van der Waals surface area contributed by atoms with Crippen molar-refractivity contribution in [3.8, 4) is 0 Å². The minimum Gasteiger partial charge on any atom is -0.371 e. The second-order valence-corrected chi connectivity index (χ2v) is 14.1. The van der Waals surface area contributed by atoms with Crippen LogP contribution in [0, 0.1) is 5.41 Å². The number of hydrogen-bond donors (Lipinski definition) is 3. The number of anilines is 3. The monoisotopic (exact) mass is 537 g/mol. The molecule has 1 aliphatic heterocycles. The van der Waals surface area contributed by atoms with Gasteiger partial charge in [-0.05, 0) is 121 Å². The Labute approximate surface area is 229 Å². The summed E-state index contributed by atoms with van der Waals surface area (Å²) in [6, 6.07) is 10.5. The maximum Gasteiger partial charge on any atom is 0.144 e. The Kier molecular flexibility index (Phi) is 7.35. The highest BCUT2D eigenvalue weighted by Crippen LogP contribution is 2.54. The molecule has 0 bridgehead atoms. The van der Waals surface area contributed by atoms with E-state index in [2.05, 4.69) is 73.3 Å². The Morgan fingerprint density at radius 1 is 0.865 bits per heavy atom. The third-order valence-electron chi connectivity index (χ3n) is 6.72. The normalized spacial score (nSPS) is 17.4. The molecule has 1 aliphatic carbocycles. The van der Waals surface area contributed by atoms with Crippen molar-refractivity contribution < 1.29 is 0 Å². The van der Waals surface area contributed by atoms with E-state index in [9.17, 15) is 0 Å². The zero-order chi connectivity index (χ0) is 26.3. The van der Waals surface area contributed by atoms with Gasteiger partial charge in [0, 0.05) is 29.1 Å². The first-order valence-corrected chi connectivity index (χ1v) is 14.8. The number of hydrogen-bond acceptors (Lipinski definition) is 9. The lowest BCUT2D eigenvalue weighted by Crippen LogP contribution is -2.34. The second kappa shape index (κ2) is 10.2. The molecular weight excluding hydrogens is 498 g/mol. The topological polar surface area (TPSA) is 78.0 Å². The molecule has 0 radical (unpaired) electrons. The summed E-state index contributed by atoms with van der Waals surface area (Å²) in [5.41, 5.74) is 2.78. The molecule has 1 aromatic carbocycles. The number of rotatable bonds is 7. The molecule has 3 aromatic rings. The summed E-state index contributed by atoms with van der Waals surface area (Å²) in [6.07, 6.45) is 6.98. The van der Waals surface area contributed by atoms with Crippen molar-refractivity contribution >= 4 is 52.1 Å². The van der Waals surface area contributed by atoms with Crippen molar-refractivity contribution in [1.82, 2.24) is 24.4 Å². The van der Waals surface area contributed by atoms with Crippen LogP contribution in [-0.2, 0) is 0 Å². The van der Waals surface area contributed by atoms with Crippen molar-refractivity contribution in [1.29, 1.82) is 0 Å². The van der Waals surface area contributed by atoms with Crippen LogP contribution in [0.5, 0.6) is 0 Å². The first-order valence-electron chi connectivity index (χ1n) is 13.1. The Hall–Kier alpha value is -2.07.